The van der Waals surface area contributed by atoms with Crippen LogP contribution in [0.1, 0.15) is 123 Å². The van der Waals surface area contributed by atoms with Gasteiger partial charge in [0.25, 0.3) is 0 Å². The van der Waals surface area contributed by atoms with Crippen LogP contribution < -0.4 is 0 Å². The van der Waals surface area contributed by atoms with Crippen molar-refractivity contribution < 1.29 is 4.39 Å². The number of hydrogen-bond donors (Lipinski definition) is 0. The topological polar surface area (TPSA) is 0 Å². The van der Waals surface area contributed by atoms with Crippen LogP contribution in [0.3, 0.4) is 0 Å². The van der Waals surface area contributed by atoms with Crippen molar-refractivity contribution in [3.8, 4) is 11.8 Å². The fraction of sp³-hybridized carbons (Fsp3) is 0.929. The zero-order chi connectivity index (χ0) is 20.5. The van der Waals surface area contributed by atoms with E-state index in [1.807, 2.05) is 0 Å². The first-order chi connectivity index (χ1) is 14.2. The van der Waals surface area contributed by atoms with Gasteiger partial charge in [-0.15, -0.1) is 0 Å². The summed E-state index contributed by atoms with van der Waals surface area (Å²) >= 11 is 0. The van der Waals surface area contributed by atoms with E-state index in [0.717, 1.165) is 30.6 Å². The highest BCUT2D eigenvalue weighted by Crippen LogP contribution is 2.42. The van der Waals surface area contributed by atoms with Gasteiger partial charge in [-0.3, -0.25) is 0 Å². The molecule has 166 valence electrons. The van der Waals surface area contributed by atoms with Crippen LogP contribution in [0, 0.1) is 47.3 Å². The molecule has 0 aromatic rings. The first kappa shape index (κ1) is 23.2. The Morgan fingerprint density at radius 2 is 1.31 bits per heavy atom. The minimum absolute atomic E-state index is 0.0315. The molecule has 0 radical (unpaired) electrons. The van der Waals surface area contributed by atoms with Gasteiger partial charge in [0.1, 0.15) is 6.17 Å². The second kappa shape index (κ2) is 12.4. The lowest BCUT2D eigenvalue weighted by Crippen LogP contribution is -2.26. The Balaban J connectivity index is 1.36. The molecule has 3 rings (SSSR count). The van der Waals surface area contributed by atoms with Crippen molar-refractivity contribution in [1.82, 2.24) is 0 Å². The van der Waals surface area contributed by atoms with Crippen molar-refractivity contribution >= 4 is 0 Å². The highest BCUT2D eigenvalue weighted by molar-refractivity contribution is 5.11. The molecule has 3 saturated carbocycles. The van der Waals surface area contributed by atoms with Crippen molar-refractivity contribution in [2.24, 2.45) is 35.5 Å². The first-order valence-electron chi connectivity index (χ1n) is 13.3. The zero-order valence-corrected chi connectivity index (χ0v) is 19.4. The van der Waals surface area contributed by atoms with Crippen LogP contribution in [0.4, 0.5) is 4.39 Å². The van der Waals surface area contributed by atoms with Crippen LogP contribution in [0.2, 0.25) is 0 Å². The lowest BCUT2D eigenvalue weighted by molar-refractivity contribution is 0.150. The van der Waals surface area contributed by atoms with Gasteiger partial charge in [-0.2, -0.15) is 0 Å². The molecule has 3 aliphatic carbocycles. The van der Waals surface area contributed by atoms with E-state index in [-0.39, 0.29) is 5.92 Å². The van der Waals surface area contributed by atoms with Crippen LogP contribution in [0.5, 0.6) is 0 Å². The minimum Gasteiger partial charge on any atom is -0.246 e. The number of hydrogen-bond acceptors (Lipinski definition) is 0. The monoisotopic (exact) mass is 402 g/mol. The molecule has 3 unspecified atom stereocenters. The molecule has 0 saturated heterocycles. The molecule has 3 fully saturated rings. The Morgan fingerprint density at radius 1 is 0.655 bits per heavy atom. The van der Waals surface area contributed by atoms with Crippen molar-refractivity contribution in [2.75, 3.05) is 0 Å². The van der Waals surface area contributed by atoms with E-state index in [0.29, 0.717) is 11.8 Å². The van der Waals surface area contributed by atoms with Crippen molar-refractivity contribution in [3.05, 3.63) is 0 Å². The third-order valence-corrected chi connectivity index (χ3v) is 8.60. The normalized spacial score (nSPS) is 38.2. The smallest absolute Gasteiger partial charge is 0.114 e. The summed E-state index contributed by atoms with van der Waals surface area (Å²) in [6, 6.07) is 0. The summed E-state index contributed by atoms with van der Waals surface area (Å²) in [6.45, 7) is 4.58. The maximum Gasteiger partial charge on any atom is 0.114 e. The second-order valence-electron chi connectivity index (χ2n) is 10.8. The summed E-state index contributed by atoms with van der Waals surface area (Å²) in [5.74, 6) is 11.2. The van der Waals surface area contributed by atoms with Crippen LogP contribution in [-0.4, -0.2) is 6.17 Å². The van der Waals surface area contributed by atoms with Gasteiger partial charge in [0, 0.05) is 5.92 Å². The summed E-state index contributed by atoms with van der Waals surface area (Å²) in [7, 11) is 0. The van der Waals surface area contributed by atoms with Crippen LogP contribution >= 0.6 is 0 Å². The minimum atomic E-state index is -0.669. The summed E-state index contributed by atoms with van der Waals surface area (Å²) in [5.41, 5.74) is 0. The summed E-state index contributed by atoms with van der Waals surface area (Å²) in [4.78, 5) is 0. The van der Waals surface area contributed by atoms with E-state index in [1.54, 1.807) is 0 Å². The largest absolute Gasteiger partial charge is 0.246 e. The third kappa shape index (κ3) is 7.29. The number of rotatable bonds is 7. The summed E-state index contributed by atoms with van der Waals surface area (Å²) in [5, 5.41) is 0. The van der Waals surface area contributed by atoms with E-state index < -0.39 is 6.17 Å². The summed E-state index contributed by atoms with van der Waals surface area (Å²) in [6.07, 6.45) is 21.5. The molecule has 0 amide bonds. The predicted molar refractivity (Wildman–Crippen MR) is 123 cm³/mol. The van der Waals surface area contributed by atoms with E-state index in [2.05, 4.69) is 25.7 Å². The molecule has 0 bridgehead atoms. The Kier molecular flexibility index (Phi) is 9.88. The van der Waals surface area contributed by atoms with Gasteiger partial charge in [0.05, 0.1) is 5.92 Å². The van der Waals surface area contributed by atoms with Gasteiger partial charge in [-0.1, -0.05) is 77.1 Å². The maximum absolute atomic E-state index is 14.7. The lowest BCUT2D eigenvalue weighted by atomic mass is 9.69. The van der Waals surface area contributed by atoms with Gasteiger partial charge in [0.15, 0.2) is 0 Å². The quantitative estimate of drug-likeness (QED) is 0.295. The second-order valence-corrected chi connectivity index (χ2v) is 10.8. The number of halogens is 1. The highest BCUT2D eigenvalue weighted by atomic mass is 19.1. The number of alkyl halides is 1. The van der Waals surface area contributed by atoms with Gasteiger partial charge >= 0.3 is 0 Å². The van der Waals surface area contributed by atoms with E-state index in [9.17, 15) is 4.39 Å². The van der Waals surface area contributed by atoms with Gasteiger partial charge in [-0.25, -0.2) is 4.39 Å². The lowest BCUT2D eigenvalue weighted by Gasteiger charge is -2.37. The average Bonchev–Trinajstić information content (AvgIpc) is 2.75. The van der Waals surface area contributed by atoms with Gasteiger partial charge in [-0.05, 0) is 81.5 Å². The molecule has 29 heavy (non-hydrogen) atoms. The zero-order valence-electron chi connectivity index (χ0n) is 19.4. The summed E-state index contributed by atoms with van der Waals surface area (Å²) < 4.78 is 14.7. The molecule has 0 aromatic heterocycles. The van der Waals surface area contributed by atoms with Crippen LogP contribution in [-0.2, 0) is 0 Å². The molecule has 0 heterocycles. The molecular formula is C28H47F. The standard InChI is InChI=1S/C28H47F/c1-3-5-6-8-24-14-20-27(28(29)21-24)19-13-23-11-17-26(18-12-23)25-15-9-22(7-4-2)10-16-25/h22-28H,3-12,14-18,20-21H2,1-2H3/t22-,23?,24?,25-,26?,27?,28?. The Bertz CT molecular complexity index is 498. The molecule has 0 spiro atoms. The van der Waals surface area contributed by atoms with Crippen LogP contribution in [0.15, 0.2) is 0 Å². The Labute approximate surface area is 181 Å². The van der Waals surface area contributed by atoms with Crippen molar-refractivity contribution in [1.29, 1.82) is 0 Å². The molecule has 3 atom stereocenters. The maximum atomic E-state index is 14.7. The Hall–Kier alpha value is -0.510. The first-order valence-corrected chi connectivity index (χ1v) is 13.3. The third-order valence-electron chi connectivity index (χ3n) is 8.60. The number of unbranched alkanes of at least 4 members (excludes halogenated alkanes) is 2. The molecule has 0 aromatic carbocycles. The van der Waals surface area contributed by atoms with E-state index in [4.69, 9.17) is 0 Å². The fourth-order valence-electron chi connectivity index (χ4n) is 6.62. The van der Waals surface area contributed by atoms with Crippen LogP contribution in [0.25, 0.3) is 0 Å². The molecule has 0 N–H and O–H groups in total. The molecular weight excluding hydrogens is 355 g/mol. The SMILES string of the molecule is CCCCCC1CCC(C#CC2CCC([C@H]3CC[C@H](CCC)CC3)CC2)C(F)C1. The Morgan fingerprint density at radius 3 is 1.93 bits per heavy atom. The van der Waals surface area contributed by atoms with Crippen molar-refractivity contribution in [2.45, 2.75) is 129 Å². The van der Waals surface area contributed by atoms with E-state index >= 15 is 0 Å². The molecule has 0 aliphatic heterocycles. The van der Waals surface area contributed by atoms with Crippen molar-refractivity contribution in [3.63, 3.8) is 0 Å². The average molecular weight is 403 g/mol. The fourth-order valence-corrected chi connectivity index (χ4v) is 6.62. The molecule has 3 aliphatic rings. The highest BCUT2D eigenvalue weighted by Gasteiger charge is 2.31. The van der Waals surface area contributed by atoms with E-state index in [1.165, 1.54) is 96.3 Å². The van der Waals surface area contributed by atoms with Gasteiger partial charge < -0.3 is 0 Å². The van der Waals surface area contributed by atoms with Gasteiger partial charge in [0.2, 0.25) is 0 Å². The molecule has 0 nitrogen and oxygen atoms in total. The predicted octanol–water partition coefficient (Wildman–Crippen LogP) is 8.74. The molecule has 1 heteroatoms.